The van der Waals surface area contributed by atoms with Crippen LogP contribution in [-0.4, -0.2) is 44.6 Å². The molecule has 0 fully saturated rings. The Labute approximate surface area is 182 Å². The van der Waals surface area contributed by atoms with Crippen molar-refractivity contribution >= 4 is 23.6 Å². The minimum atomic E-state index is -1.15. The Morgan fingerprint density at radius 3 is 2.77 bits per heavy atom. The third-order valence-corrected chi connectivity index (χ3v) is 5.56. The first-order chi connectivity index (χ1) is 14.9. The van der Waals surface area contributed by atoms with E-state index in [4.69, 9.17) is 11.6 Å². The molecule has 7 nitrogen and oxygen atoms in total. The number of rotatable bonds is 5. The molecule has 2 aromatic carbocycles. The third kappa shape index (κ3) is 4.39. The number of amides is 2. The Balaban J connectivity index is 1.63. The van der Waals surface area contributed by atoms with Gasteiger partial charge in [-0.15, -0.1) is 0 Å². The Morgan fingerprint density at radius 1 is 1.29 bits per heavy atom. The van der Waals surface area contributed by atoms with Gasteiger partial charge in [0, 0.05) is 35.7 Å². The molecule has 2 atom stereocenters. The number of halogens is 2. The summed E-state index contributed by atoms with van der Waals surface area (Å²) in [5, 5.41) is 12.5. The summed E-state index contributed by atoms with van der Waals surface area (Å²) in [6.45, 7) is 0.269. The number of H-pyrrole nitrogens is 1. The number of hydrogen-bond donors (Lipinski definition) is 3. The normalized spacial score (nSPS) is 16.5. The van der Waals surface area contributed by atoms with Crippen LogP contribution in [0.1, 0.15) is 28.6 Å². The molecule has 0 aliphatic carbocycles. The molecule has 0 bridgehead atoms. The standard InChI is InChI=1S/C22H20ClFN4O3/c23-14-6-7-15(16(24)11-14)20-19-17(25-12-26-19)8-9-28(20)22(31)27-18(21(29)30)10-13-4-2-1-3-5-13/h1-7,11-12,18,20H,8-10H2,(H,25,26)(H,27,31)(H,29,30)/t18-,20-/m0/s1. The zero-order chi connectivity index (χ0) is 22.0. The molecule has 9 heteroatoms. The van der Waals surface area contributed by atoms with E-state index in [0.29, 0.717) is 12.1 Å². The number of fused-ring (bicyclic) bond motifs is 1. The second kappa shape index (κ2) is 8.77. The van der Waals surface area contributed by atoms with Gasteiger partial charge >= 0.3 is 12.0 Å². The van der Waals surface area contributed by atoms with Crippen molar-refractivity contribution in [3.8, 4) is 0 Å². The quantitative estimate of drug-likeness (QED) is 0.562. The molecular formula is C22H20ClFN4O3. The van der Waals surface area contributed by atoms with Crippen LogP contribution in [-0.2, 0) is 17.6 Å². The Kier molecular flexibility index (Phi) is 5.90. The average Bonchev–Trinajstić information content (AvgIpc) is 3.22. The second-order valence-electron chi connectivity index (χ2n) is 7.31. The van der Waals surface area contributed by atoms with Crippen molar-refractivity contribution in [1.29, 1.82) is 0 Å². The minimum absolute atomic E-state index is 0.128. The number of nitrogens with one attached hydrogen (secondary N) is 2. The van der Waals surface area contributed by atoms with E-state index in [1.165, 1.54) is 23.4 Å². The summed E-state index contributed by atoms with van der Waals surface area (Å²) in [7, 11) is 0. The van der Waals surface area contributed by atoms with E-state index in [9.17, 15) is 19.1 Å². The van der Waals surface area contributed by atoms with Crippen LogP contribution >= 0.6 is 11.6 Å². The fraction of sp³-hybridized carbons (Fsp3) is 0.227. The summed E-state index contributed by atoms with van der Waals surface area (Å²) in [5.74, 6) is -1.71. The van der Waals surface area contributed by atoms with Crippen molar-refractivity contribution < 1.29 is 19.1 Å². The van der Waals surface area contributed by atoms with Gasteiger partial charge in [-0.25, -0.2) is 19.0 Å². The first-order valence-electron chi connectivity index (χ1n) is 9.75. The van der Waals surface area contributed by atoms with Crippen LogP contribution in [0.25, 0.3) is 0 Å². The highest BCUT2D eigenvalue weighted by Gasteiger charge is 2.37. The first-order valence-corrected chi connectivity index (χ1v) is 10.1. The number of aromatic nitrogens is 2. The van der Waals surface area contributed by atoms with Crippen LogP contribution in [0.4, 0.5) is 9.18 Å². The van der Waals surface area contributed by atoms with E-state index < -0.39 is 29.9 Å². The van der Waals surface area contributed by atoms with Gasteiger partial charge in [-0.05, 0) is 17.7 Å². The molecule has 0 radical (unpaired) electrons. The molecule has 4 rings (SSSR count). The molecule has 0 spiro atoms. The van der Waals surface area contributed by atoms with Gasteiger partial charge in [0.05, 0.1) is 12.0 Å². The largest absolute Gasteiger partial charge is 0.480 e. The Morgan fingerprint density at radius 2 is 2.06 bits per heavy atom. The van der Waals surface area contributed by atoms with Crippen molar-refractivity contribution in [2.45, 2.75) is 24.9 Å². The molecular weight excluding hydrogens is 423 g/mol. The fourth-order valence-electron chi connectivity index (χ4n) is 3.82. The van der Waals surface area contributed by atoms with Gasteiger partial charge in [0.2, 0.25) is 0 Å². The summed E-state index contributed by atoms with van der Waals surface area (Å²) in [4.78, 5) is 33.7. The van der Waals surface area contributed by atoms with Crippen LogP contribution in [0.15, 0.2) is 54.9 Å². The van der Waals surface area contributed by atoms with Gasteiger partial charge < -0.3 is 20.3 Å². The number of benzene rings is 2. The Bertz CT molecular complexity index is 1110. The molecule has 0 saturated heterocycles. The molecule has 2 amide bonds. The van der Waals surface area contributed by atoms with Gasteiger partial charge in [-0.2, -0.15) is 0 Å². The topological polar surface area (TPSA) is 98.3 Å². The number of carbonyl (C=O) groups is 2. The van der Waals surface area contributed by atoms with Gasteiger partial charge in [0.1, 0.15) is 17.9 Å². The smallest absolute Gasteiger partial charge is 0.326 e. The average molecular weight is 443 g/mol. The van der Waals surface area contributed by atoms with Crippen molar-refractivity contribution in [3.05, 3.63) is 88.2 Å². The predicted molar refractivity (Wildman–Crippen MR) is 112 cm³/mol. The van der Waals surface area contributed by atoms with Crippen molar-refractivity contribution in [1.82, 2.24) is 20.2 Å². The molecule has 1 aliphatic rings. The van der Waals surface area contributed by atoms with Gasteiger partial charge in [-0.3, -0.25) is 0 Å². The summed E-state index contributed by atoms with van der Waals surface area (Å²) < 4.78 is 14.8. The molecule has 0 saturated carbocycles. The second-order valence-corrected chi connectivity index (χ2v) is 7.74. The molecule has 3 aromatic rings. The highest BCUT2D eigenvalue weighted by atomic mass is 35.5. The summed E-state index contributed by atoms with van der Waals surface area (Å²) in [6.07, 6.45) is 2.12. The SMILES string of the molecule is O=C(O)[C@H](Cc1ccccc1)NC(=O)N1CCc2[nH]cnc2[C@@H]1c1ccc(Cl)cc1F. The molecule has 1 aromatic heterocycles. The van der Waals surface area contributed by atoms with E-state index in [2.05, 4.69) is 15.3 Å². The number of hydrogen-bond acceptors (Lipinski definition) is 3. The maximum Gasteiger partial charge on any atom is 0.326 e. The van der Waals surface area contributed by atoms with Gasteiger partial charge in [0.15, 0.2) is 0 Å². The minimum Gasteiger partial charge on any atom is -0.480 e. The van der Waals surface area contributed by atoms with E-state index in [1.54, 1.807) is 30.3 Å². The number of urea groups is 1. The first kappa shape index (κ1) is 20.9. The lowest BCUT2D eigenvalue weighted by Crippen LogP contribution is -2.52. The number of imidazole rings is 1. The maximum atomic E-state index is 14.8. The number of carboxylic acid groups (broad SMARTS) is 1. The fourth-order valence-corrected chi connectivity index (χ4v) is 3.97. The summed E-state index contributed by atoms with van der Waals surface area (Å²) >= 11 is 5.89. The van der Waals surface area contributed by atoms with E-state index in [0.717, 1.165) is 11.3 Å². The summed E-state index contributed by atoms with van der Waals surface area (Å²) in [5.41, 5.74) is 2.35. The molecule has 160 valence electrons. The van der Waals surface area contributed by atoms with E-state index >= 15 is 0 Å². The van der Waals surface area contributed by atoms with Crippen LogP contribution in [0.3, 0.4) is 0 Å². The number of aromatic amines is 1. The maximum absolute atomic E-state index is 14.8. The predicted octanol–water partition coefficient (Wildman–Crippen LogP) is 3.56. The van der Waals surface area contributed by atoms with Crippen LogP contribution in [0, 0.1) is 5.82 Å². The van der Waals surface area contributed by atoms with Crippen LogP contribution in [0.2, 0.25) is 5.02 Å². The zero-order valence-electron chi connectivity index (χ0n) is 16.4. The van der Waals surface area contributed by atoms with Crippen molar-refractivity contribution in [3.63, 3.8) is 0 Å². The molecule has 31 heavy (non-hydrogen) atoms. The lowest BCUT2D eigenvalue weighted by atomic mass is 9.95. The highest BCUT2D eigenvalue weighted by Crippen LogP contribution is 2.35. The van der Waals surface area contributed by atoms with Crippen LogP contribution in [0.5, 0.6) is 0 Å². The highest BCUT2D eigenvalue weighted by molar-refractivity contribution is 6.30. The lowest BCUT2D eigenvalue weighted by molar-refractivity contribution is -0.139. The van der Waals surface area contributed by atoms with Gasteiger partial charge in [0.25, 0.3) is 0 Å². The van der Waals surface area contributed by atoms with Crippen molar-refractivity contribution in [2.75, 3.05) is 6.54 Å². The lowest BCUT2D eigenvalue weighted by Gasteiger charge is -2.36. The van der Waals surface area contributed by atoms with Crippen molar-refractivity contribution in [2.24, 2.45) is 0 Å². The number of nitrogens with zero attached hydrogens (tertiary/aromatic N) is 2. The van der Waals surface area contributed by atoms with Gasteiger partial charge in [-0.1, -0.05) is 48.0 Å². The number of carboxylic acids is 1. The monoisotopic (exact) mass is 442 g/mol. The van der Waals surface area contributed by atoms with E-state index in [1.807, 2.05) is 6.07 Å². The van der Waals surface area contributed by atoms with E-state index in [-0.39, 0.29) is 23.6 Å². The number of aliphatic carboxylic acids is 1. The summed E-state index contributed by atoms with van der Waals surface area (Å²) in [6, 6.07) is 10.7. The van der Waals surface area contributed by atoms with Crippen LogP contribution < -0.4 is 5.32 Å². The molecule has 3 N–H and O–H groups in total. The number of carbonyl (C=O) groups excluding carboxylic acids is 1. The molecule has 0 unspecified atom stereocenters. The molecule has 1 aliphatic heterocycles. The Hall–Kier alpha value is -3.39. The third-order valence-electron chi connectivity index (χ3n) is 5.32. The zero-order valence-corrected chi connectivity index (χ0v) is 17.1. The molecule has 2 heterocycles.